The predicted octanol–water partition coefficient (Wildman–Crippen LogP) is 4.91. The molecule has 1 saturated heterocycles. The van der Waals surface area contributed by atoms with Gasteiger partial charge in [0.25, 0.3) is 13.4 Å². The predicted molar refractivity (Wildman–Crippen MR) is 144 cm³/mol. The van der Waals surface area contributed by atoms with Gasteiger partial charge in [-0.2, -0.15) is 0 Å². The minimum atomic E-state index is -3.43. The number of rotatable bonds is 6. The SMILES string of the molecule is C[C@H]1N(C)c2cc(NC(=O)c3ccco3)c([P@](=O)(Nc3ccccc3)N3CCOCC3)cc2C1(C)C. The highest BCUT2D eigenvalue weighted by atomic mass is 31.2. The summed E-state index contributed by atoms with van der Waals surface area (Å²) in [6, 6.07) is 17.0. The van der Waals surface area contributed by atoms with Crippen molar-refractivity contribution < 1.29 is 18.5 Å². The highest BCUT2D eigenvalue weighted by Gasteiger charge is 2.44. The molecule has 8 nitrogen and oxygen atoms in total. The zero-order chi connectivity index (χ0) is 25.5. The number of nitrogens with one attached hydrogen (secondary N) is 2. The molecule has 0 radical (unpaired) electrons. The molecule has 2 N–H and O–H groups in total. The van der Waals surface area contributed by atoms with Crippen LogP contribution in [0, 0.1) is 0 Å². The number of nitrogens with zero attached hydrogens (tertiary/aromatic N) is 2. The number of hydrogen-bond donors (Lipinski definition) is 2. The van der Waals surface area contributed by atoms with Gasteiger partial charge in [-0.15, -0.1) is 0 Å². The number of benzene rings is 2. The van der Waals surface area contributed by atoms with Gasteiger partial charge in [0.15, 0.2) is 5.76 Å². The lowest BCUT2D eigenvalue weighted by molar-refractivity contribution is 0.0729. The van der Waals surface area contributed by atoms with E-state index in [4.69, 9.17) is 9.15 Å². The average molecular weight is 509 g/mol. The van der Waals surface area contributed by atoms with Crippen LogP contribution in [0.15, 0.2) is 65.3 Å². The van der Waals surface area contributed by atoms with E-state index in [1.165, 1.54) is 6.26 Å². The normalized spacial score (nSPS) is 21.0. The third-order valence-corrected chi connectivity index (χ3v) is 10.4. The summed E-state index contributed by atoms with van der Waals surface area (Å²) in [5.74, 6) is -0.192. The molecular weight excluding hydrogens is 475 g/mol. The fourth-order valence-electron chi connectivity index (χ4n) is 5.05. The van der Waals surface area contributed by atoms with Crippen molar-refractivity contribution in [1.29, 1.82) is 0 Å². The molecule has 190 valence electrons. The quantitative estimate of drug-likeness (QED) is 0.458. The molecule has 5 rings (SSSR count). The van der Waals surface area contributed by atoms with E-state index >= 15 is 4.57 Å². The van der Waals surface area contributed by atoms with Crippen molar-refractivity contribution in [2.24, 2.45) is 0 Å². The van der Waals surface area contributed by atoms with Crippen LogP contribution in [0.5, 0.6) is 0 Å². The Labute approximate surface area is 212 Å². The standard InChI is InChI=1S/C27H33N4O4P/c1-19-27(2,3)21-17-25(22(18-23(21)30(19)4)28-26(32)24-11-8-14-35-24)36(33,31-12-15-34-16-13-31)29-20-9-6-5-7-10-20/h5-11,14,17-19H,12-13,15-16H2,1-4H3,(H,28,32)(H,29,33)/t19-,36+/m1/s1. The van der Waals surface area contributed by atoms with Gasteiger partial charge in [0.2, 0.25) is 0 Å². The number of hydrogen-bond acceptors (Lipinski definition) is 5. The summed E-state index contributed by atoms with van der Waals surface area (Å²) in [6.45, 7) is 8.60. The van der Waals surface area contributed by atoms with Gasteiger partial charge in [-0.25, -0.2) is 4.67 Å². The van der Waals surface area contributed by atoms with Crippen LogP contribution in [0.4, 0.5) is 17.1 Å². The number of fused-ring (bicyclic) bond motifs is 1. The Hall–Kier alpha value is -3.06. The van der Waals surface area contributed by atoms with E-state index in [1.807, 2.05) is 47.1 Å². The minimum Gasteiger partial charge on any atom is -0.459 e. The first-order chi connectivity index (χ1) is 17.2. The number of anilines is 3. The fourth-order valence-corrected chi connectivity index (χ4v) is 7.59. The number of para-hydroxylation sites is 1. The van der Waals surface area contributed by atoms with E-state index in [0.29, 0.717) is 37.3 Å². The summed E-state index contributed by atoms with van der Waals surface area (Å²) >= 11 is 0. The molecule has 3 heterocycles. The van der Waals surface area contributed by atoms with Gasteiger partial charge in [0.05, 0.1) is 30.5 Å². The van der Waals surface area contributed by atoms with Gasteiger partial charge < -0.3 is 24.5 Å². The summed E-state index contributed by atoms with van der Waals surface area (Å²) in [7, 11) is -1.37. The second-order valence-corrected chi connectivity index (χ2v) is 12.4. The number of morpholine rings is 1. The maximum Gasteiger partial charge on any atom is 0.291 e. The van der Waals surface area contributed by atoms with E-state index in [0.717, 1.165) is 16.9 Å². The molecule has 9 heteroatoms. The lowest BCUT2D eigenvalue weighted by Crippen LogP contribution is -2.40. The number of ether oxygens (including phenoxy) is 1. The number of carbonyl (C=O) groups is 1. The molecule has 36 heavy (non-hydrogen) atoms. The Morgan fingerprint density at radius 3 is 2.47 bits per heavy atom. The number of amides is 1. The Morgan fingerprint density at radius 2 is 1.81 bits per heavy atom. The largest absolute Gasteiger partial charge is 0.459 e. The van der Waals surface area contributed by atoms with Gasteiger partial charge in [-0.05, 0) is 48.9 Å². The molecule has 2 aliphatic rings. The zero-order valence-corrected chi connectivity index (χ0v) is 22.0. The average Bonchev–Trinajstić information content (AvgIpc) is 3.48. The maximum atomic E-state index is 15.2. The first kappa shape index (κ1) is 24.6. The lowest BCUT2D eigenvalue weighted by atomic mass is 9.81. The van der Waals surface area contributed by atoms with Crippen LogP contribution in [0.3, 0.4) is 0 Å². The molecule has 2 atom stereocenters. The molecule has 1 fully saturated rings. The summed E-state index contributed by atoms with van der Waals surface area (Å²) in [5.41, 5.74) is 3.20. The molecule has 1 amide bonds. The summed E-state index contributed by atoms with van der Waals surface area (Å²) in [6.07, 6.45) is 1.46. The lowest BCUT2D eigenvalue weighted by Gasteiger charge is -2.36. The summed E-state index contributed by atoms with van der Waals surface area (Å²) < 4.78 is 28.0. The molecule has 0 unspecified atom stereocenters. The van der Waals surface area contributed by atoms with Crippen LogP contribution < -0.4 is 20.6 Å². The molecule has 2 aliphatic heterocycles. The van der Waals surface area contributed by atoms with E-state index in [1.54, 1.807) is 12.1 Å². The van der Waals surface area contributed by atoms with Gasteiger partial charge in [-0.3, -0.25) is 9.36 Å². The van der Waals surface area contributed by atoms with Gasteiger partial charge >= 0.3 is 0 Å². The smallest absolute Gasteiger partial charge is 0.291 e. The fraction of sp³-hybridized carbons (Fsp3) is 0.370. The third kappa shape index (κ3) is 4.23. The first-order valence-electron chi connectivity index (χ1n) is 12.2. The van der Waals surface area contributed by atoms with E-state index in [-0.39, 0.29) is 23.1 Å². The van der Waals surface area contributed by atoms with Crippen molar-refractivity contribution in [2.75, 3.05) is 48.7 Å². The van der Waals surface area contributed by atoms with Crippen LogP contribution in [0.25, 0.3) is 0 Å². The van der Waals surface area contributed by atoms with Crippen molar-refractivity contribution in [3.05, 3.63) is 72.2 Å². The van der Waals surface area contributed by atoms with Crippen molar-refractivity contribution in [1.82, 2.24) is 4.67 Å². The van der Waals surface area contributed by atoms with Crippen LogP contribution in [0.2, 0.25) is 0 Å². The third-order valence-electron chi connectivity index (χ3n) is 7.57. The molecular formula is C27H33N4O4P. The van der Waals surface area contributed by atoms with Crippen LogP contribution in [0.1, 0.15) is 36.9 Å². The second-order valence-electron chi connectivity index (χ2n) is 9.95. The number of furan rings is 1. The Kier molecular flexibility index (Phi) is 6.45. The zero-order valence-electron chi connectivity index (χ0n) is 21.2. The number of carbonyl (C=O) groups excluding carboxylic acids is 1. The van der Waals surface area contributed by atoms with Crippen LogP contribution >= 0.6 is 7.44 Å². The van der Waals surface area contributed by atoms with Crippen molar-refractivity contribution in [3.63, 3.8) is 0 Å². The van der Waals surface area contributed by atoms with Gasteiger partial charge in [0.1, 0.15) is 0 Å². The topological polar surface area (TPSA) is 87.0 Å². The maximum absolute atomic E-state index is 15.2. The van der Waals surface area contributed by atoms with Crippen LogP contribution in [-0.4, -0.2) is 50.0 Å². The second kappa shape index (κ2) is 9.43. The van der Waals surface area contributed by atoms with E-state index in [9.17, 15) is 4.79 Å². The Bertz CT molecular complexity index is 1290. The molecule has 0 saturated carbocycles. The molecule has 1 aromatic heterocycles. The molecule has 0 bridgehead atoms. The monoisotopic (exact) mass is 508 g/mol. The van der Waals surface area contributed by atoms with E-state index in [2.05, 4.69) is 43.1 Å². The summed E-state index contributed by atoms with van der Waals surface area (Å²) in [5, 5.41) is 6.95. The molecule has 0 aliphatic carbocycles. The van der Waals surface area contributed by atoms with Crippen molar-refractivity contribution in [2.45, 2.75) is 32.2 Å². The highest BCUT2D eigenvalue weighted by Crippen LogP contribution is 2.53. The molecule has 3 aromatic rings. The van der Waals surface area contributed by atoms with Gasteiger partial charge in [-0.1, -0.05) is 32.0 Å². The minimum absolute atomic E-state index is 0.176. The highest BCUT2D eigenvalue weighted by molar-refractivity contribution is 7.71. The van der Waals surface area contributed by atoms with E-state index < -0.39 is 7.44 Å². The van der Waals surface area contributed by atoms with Crippen molar-refractivity contribution >= 4 is 35.7 Å². The summed E-state index contributed by atoms with van der Waals surface area (Å²) in [4.78, 5) is 15.3. The Balaban J connectivity index is 1.69. The van der Waals surface area contributed by atoms with Gasteiger partial charge in [0, 0.05) is 43.0 Å². The number of likely N-dealkylation sites (N-methyl/N-ethyl adjacent to an activating group) is 1. The first-order valence-corrected chi connectivity index (χ1v) is 13.9. The molecule has 0 spiro atoms. The van der Waals surface area contributed by atoms with Crippen LogP contribution in [-0.2, 0) is 14.7 Å². The van der Waals surface area contributed by atoms with Crippen molar-refractivity contribution in [3.8, 4) is 0 Å². The Morgan fingerprint density at radius 1 is 1.08 bits per heavy atom. The molecule has 2 aromatic carbocycles.